The van der Waals surface area contributed by atoms with Gasteiger partial charge in [-0.05, 0) is 24.3 Å². The number of anilines is 2. The summed E-state index contributed by atoms with van der Waals surface area (Å²) in [6.45, 7) is 0. The number of guanidine groups is 2. The number of pyridine rings is 2. The molecule has 8 nitrogen and oxygen atoms in total. The summed E-state index contributed by atoms with van der Waals surface area (Å²) < 4.78 is 0. The van der Waals surface area contributed by atoms with Crippen molar-refractivity contribution in [3.05, 3.63) is 60.9 Å². The summed E-state index contributed by atoms with van der Waals surface area (Å²) in [5, 5.41) is 5.91. The van der Waals surface area contributed by atoms with Crippen LogP contribution < -0.4 is 22.1 Å². The van der Waals surface area contributed by atoms with Crippen molar-refractivity contribution in [1.82, 2.24) is 9.97 Å². The molecule has 0 fully saturated rings. The van der Waals surface area contributed by atoms with E-state index >= 15 is 0 Å². The lowest BCUT2D eigenvalue weighted by molar-refractivity contribution is 1.30. The van der Waals surface area contributed by atoms with Crippen molar-refractivity contribution in [3.8, 4) is 22.5 Å². The van der Waals surface area contributed by atoms with Crippen LogP contribution in [0.5, 0.6) is 0 Å². The Balaban J connectivity index is 0. The van der Waals surface area contributed by atoms with Gasteiger partial charge in [0.05, 0.1) is 35.2 Å². The minimum absolute atomic E-state index is 0. The van der Waals surface area contributed by atoms with Gasteiger partial charge in [0.15, 0.2) is 11.9 Å². The van der Waals surface area contributed by atoms with E-state index in [-0.39, 0.29) is 49.6 Å². The zero-order valence-electron chi connectivity index (χ0n) is 17.4. The van der Waals surface area contributed by atoms with Crippen LogP contribution in [-0.4, -0.2) is 36.0 Å². The minimum Gasteiger partial charge on any atom is -0.370 e. The fourth-order valence-corrected chi connectivity index (χ4v) is 2.50. The van der Waals surface area contributed by atoms with Crippen LogP contribution >= 0.6 is 49.6 Å². The second-order valence-corrected chi connectivity index (χ2v) is 5.91. The van der Waals surface area contributed by atoms with Crippen molar-refractivity contribution >= 4 is 72.9 Å². The highest BCUT2D eigenvalue weighted by atomic mass is 35.5. The molecule has 0 amide bonds. The van der Waals surface area contributed by atoms with E-state index in [2.05, 4.69) is 30.6 Å². The van der Waals surface area contributed by atoms with E-state index in [0.717, 1.165) is 33.9 Å². The molecule has 0 bridgehead atoms. The van der Waals surface area contributed by atoms with Crippen LogP contribution in [0.1, 0.15) is 0 Å². The third-order valence-electron chi connectivity index (χ3n) is 4.03. The van der Waals surface area contributed by atoms with Crippen molar-refractivity contribution in [3.63, 3.8) is 0 Å². The summed E-state index contributed by atoms with van der Waals surface area (Å²) >= 11 is 0. The molecule has 0 aliphatic carbocycles. The summed E-state index contributed by atoms with van der Waals surface area (Å²) in [6.07, 6.45) is 3.44. The molecule has 0 aliphatic heterocycles. The van der Waals surface area contributed by atoms with Crippen LogP contribution in [-0.2, 0) is 0 Å². The van der Waals surface area contributed by atoms with Crippen LogP contribution in [0, 0.1) is 0 Å². The maximum atomic E-state index is 5.66. The van der Waals surface area contributed by atoms with E-state index in [1.54, 1.807) is 26.5 Å². The largest absolute Gasteiger partial charge is 0.370 e. The average molecular weight is 520 g/mol. The molecule has 2 heterocycles. The SMILES string of the molecule is CN=C(N)Nc1ccc(-c2ccc(-c3ccc(NC(N)=NC)cn3)cc2)nc1.Cl.Cl.Cl.Cl. The Morgan fingerprint density at radius 1 is 0.625 bits per heavy atom. The topological polar surface area (TPSA) is 127 Å². The predicted octanol–water partition coefficient (Wildman–Crippen LogP) is 4.21. The zero-order chi connectivity index (χ0) is 19.9. The van der Waals surface area contributed by atoms with Crippen molar-refractivity contribution in [1.29, 1.82) is 0 Å². The van der Waals surface area contributed by atoms with Crippen molar-refractivity contribution in [2.24, 2.45) is 21.5 Å². The predicted molar refractivity (Wildman–Crippen MR) is 144 cm³/mol. The van der Waals surface area contributed by atoms with Crippen molar-refractivity contribution in [2.75, 3.05) is 24.7 Å². The second kappa shape index (κ2) is 15.1. The molecule has 0 unspecified atom stereocenters. The maximum Gasteiger partial charge on any atom is 0.192 e. The third kappa shape index (κ3) is 8.39. The van der Waals surface area contributed by atoms with Crippen LogP contribution in [0.4, 0.5) is 11.4 Å². The Morgan fingerprint density at radius 2 is 0.969 bits per heavy atom. The smallest absolute Gasteiger partial charge is 0.192 e. The number of benzene rings is 1. The highest BCUT2D eigenvalue weighted by Gasteiger charge is 2.04. The Labute approximate surface area is 212 Å². The first-order valence-corrected chi connectivity index (χ1v) is 8.60. The molecule has 6 N–H and O–H groups in total. The summed E-state index contributed by atoms with van der Waals surface area (Å²) in [4.78, 5) is 16.7. The van der Waals surface area contributed by atoms with E-state index in [4.69, 9.17) is 11.5 Å². The molecule has 12 heteroatoms. The summed E-state index contributed by atoms with van der Waals surface area (Å²) in [5.74, 6) is 0.689. The van der Waals surface area contributed by atoms with E-state index in [1.165, 1.54) is 0 Å². The molecule has 0 saturated carbocycles. The molecule has 0 spiro atoms. The molecular weight excluding hydrogens is 494 g/mol. The number of nitrogens with zero attached hydrogens (tertiary/aromatic N) is 4. The summed E-state index contributed by atoms with van der Waals surface area (Å²) in [5.41, 5.74) is 16.6. The molecule has 3 aromatic rings. The van der Waals surface area contributed by atoms with E-state index in [0.29, 0.717) is 11.9 Å². The molecule has 0 aliphatic rings. The molecule has 32 heavy (non-hydrogen) atoms. The van der Waals surface area contributed by atoms with Gasteiger partial charge in [0.25, 0.3) is 0 Å². The number of aliphatic imine (C=N–C) groups is 2. The summed E-state index contributed by atoms with van der Waals surface area (Å²) in [6, 6.07) is 15.7. The highest BCUT2D eigenvalue weighted by Crippen LogP contribution is 2.24. The van der Waals surface area contributed by atoms with Gasteiger partial charge in [-0.15, -0.1) is 49.6 Å². The fourth-order valence-electron chi connectivity index (χ4n) is 2.50. The quantitative estimate of drug-likeness (QED) is 0.302. The van der Waals surface area contributed by atoms with Crippen LogP contribution in [0.2, 0.25) is 0 Å². The lowest BCUT2D eigenvalue weighted by Crippen LogP contribution is -2.22. The van der Waals surface area contributed by atoms with Crippen molar-refractivity contribution < 1.29 is 0 Å². The van der Waals surface area contributed by atoms with Crippen LogP contribution in [0.25, 0.3) is 22.5 Å². The number of hydrogen-bond donors (Lipinski definition) is 4. The molecule has 1 aromatic carbocycles. The average Bonchev–Trinajstić information content (AvgIpc) is 2.75. The van der Waals surface area contributed by atoms with Crippen molar-refractivity contribution in [2.45, 2.75) is 0 Å². The second-order valence-electron chi connectivity index (χ2n) is 5.91. The molecular formula is C20H26Cl4N8. The van der Waals surface area contributed by atoms with E-state index in [1.807, 2.05) is 48.5 Å². The number of nitrogens with two attached hydrogens (primary N) is 2. The van der Waals surface area contributed by atoms with E-state index < -0.39 is 0 Å². The standard InChI is InChI=1S/C20H22N8.4ClH/c1-23-19(21)27-15-7-9-17(25-11-15)13-3-5-14(6-4-13)18-10-8-16(12-26-18)28-20(22)24-2;;;;/h3-12H,1-2H3,(H3,21,23,27)(H3,22,24,28);4*1H. The Kier molecular flexibility index (Phi) is 14.8. The number of rotatable bonds is 4. The molecule has 174 valence electrons. The Hall–Kier alpha value is -2.78. The Morgan fingerprint density at radius 3 is 1.22 bits per heavy atom. The first kappa shape index (κ1) is 31.4. The summed E-state index contributed by atoms with van der Waals surface area (Å²) in [7, 11) is 3.25. The van der Waals surface area contributed by atoms with Gasteiger partial charge in [-0.2, -0.15) is 0 Å². The van der Waals surface area contributed by atoms with Gasteiger partial charge in [0.2, 0.25) is 0 Å². The fraction of sp³-hybridized carbons (Fsp3) is 0.100. The van der Waals surface area contributed by atoms with Gasteiger partial charge in [-0.1, -0.05) is 24.3 Å². The number of halogens is 4. The monoisotopic (exact) mass is 518 g/mol. The van der Waals surface area contributed by atoms with Crippen LogP contribution in [0.15, 0.2) is 70.9 Å². The first-order valence-electron chi connectivity index (χ1n) is 8.60. The zero-order valence-corrected chi connectivity index (χ0v) is 20.6. The molecule has 0 atom stereocenters. The number of hydrogen-bond acceptors (Lipinski definition) is 4. The highest BCUT2D eigenvalue weighted by molar-refractivity contribution is 5.92. The molecule has 0 saturated heterocycles. The van der Waals surface area contributed by atoms with Gasteiger partial charge in [-0.25, -0.2) is 0 Å². The molecule has 0 radical (unpaired) electrons. The molecule has 2 aromatic heterocycles. The van der Waals surface area contributed by atoms with E-state index in [9.17, 15) is 0 Å². The Bertz CT molecular complexity index is 909. The lowest BCUT2D eigenvalue weighted by Gasteiger charge is -2.08. The lowest BCUT2D eigenvalue weighted by atomic mass is 10.1. The molecule has 3 rings (SSSR count). The van der Waals surface area contributed by atoms with Gasteiger partial charge < -0.3 is 22.1 Å². The van der Waals surface area contributed by atoms with Gasteiger partial charge in [0.1, 0.15) is 0 Å². The first-order chi connectivity index (χ1) is 13.6. The van der Waals surface area contributed by atoms with Crippen LogP contribution in [0.3, 0.4) is 0 Å². The number of aromatic nitrogens is 2. The van der Waals surface area contributed by atoms with Gasteiger partial charge in [0, 0.05) is 25.2 Å². The number of nitrogens with one attached hydrogen (secondary N) is 2. The normalized spacial score (nSPS) is 10.4. The third-order valence-corrected chi connectivity index (χ3v) is 4.03. The van der Waals surface area contributed by atoms with Gasteiger partial charge in [-0.3, -0.25) is 20.0 Å². The minimum atomic E-state index is 0. The van der Waals surface area contributed by atoms with Gasteiger partial charge >= 0.3 is 0 Å². The maximum absolute atomic E-state index is 5.66.